The van der Waals surface area contributed by atoms with Crippen LogP contribution in [0.5, 0.6) is 5.75 Å². The smallest absolute Gasteiger partial charge is 0.420 e. The quantitative estimate of drug-likeness (QED) is 0.277. The Hall–Kier alpha value is -3.89. The molecule has 0 aromatic heterocycles. The number of alkyl halides is 4. The Morgan fingerprint density at radius 1 is 1.11 bits per heavy atom. The predicted molar refractivity (Wildman–Crippen MR) is 128 cm³/mol. The van der Waals surface area contributed by atoms with Crippen LogP contribution in [0.3, 0.4) is 0 Å². The number of rotatable bonds is 9. The van der Waals surface area contributed by atoms with E-state index in [2.05, 4.69) is 10.6 Å². The second-order valence-corrected chi connectivity index (χ2v) is 8.34. The molecule has 0 fully saturated rings. The monoisotopic (exact) mass is 524 g/mol. The first-order valence-electron chi connectivity index (χ1n) is 11.4. The molecule has 0 heterocycles. The third-order valence-corrected chi connectivity index (χ3v) is 5.06. The van der Waals surface area contributed by atoms with Gasteiger partial charge in [-0.15, -0.1) is 0 Å². The van der Waals surface area contributed by atoms with E-state index in [1.54, 1.807) is 19.9 Å². The van der Waals surface area contributed by atoms with E-state index in [1.807, 2.05) is 0 Å². The zero-order valence-corrected chi connectivity index (χ0v) is 20.0. The van der Waals surface area contributed by atoms with E-state index in [4.69, 9.17) is 9.47 Å². The molecule has 0 bridgehead atoms. The van der Waals surface area contributed by atoms with Crippen molar-refractivity contribution >= 4 is 28.8 Å². The van der Waals surface area contributed by atoms with Crippen LogP contribution in [0.15, 0.2) is 54.3 Å². The van der Waals surface area contributed by atoms with Gasteiger partial charge in [-0.1, -0.05) is 12.1 Å². The van der Waals surface area contributed by atoms with E-state index in [1.165, 1.54) is 24.3 Å². The maximum absolute atomic E-state index is 14.7. The van der Waals surface area contributed by atoms with E-state index in [0.717, 1.165) is 18.2 Å². The van der Waals surface area contributed by atoms with Gasteiger partial charge in [0.2, 0.25) is 5.78 Å². The molecule has 0 aliphatic heterocycles. The van der Waals surface area contributed by atoms with Crippen LogP contribution in [0, 0.1) is 5.82 Å². The molecule has 0 radical (unpaired) electrons. The lowest BCUT2D eigenvalue weighted by molar-refractivity contribution is -0.139. The van der Waals surface area contributed by atoms with Crippen LogP contribution in [-0.4, -0.2) is 31.2 Å². The number of allylic oxidation sites excluding steroid dienone is 4. The molecule has 1 aliphatic rings. The standard InChI is InChI=1S/C26H25F5N2O4/c1-15(2)37-23-9-6-18(14-19(23)26(29,30)31)32-25(35)33-21-7-4-16(12-20(21)28)17-5-8-22(34)24(13-17)36-11-3-10-27/h4-7,9,12-15H,3,8,10-11H2,1-2H3,(H2,32,33,35). The third-order valence-electron chi connectivity index (χ3n) is 5.06. The van der Waals surface area contributed by atoms with Crippen LogP contribution in [0.1, 0.15) is 37.8 Å². The summed E-state index contributed by atoms with van der Waals surface area (Å²) >= 11 is 0. The van der Waals surface area contributed by atoms with E-state index < -0.39 is 36.4 Å². The number of Topliss-reactive ketones (excluding diaryl/α,β-unsaturated/α-hetero) is 1. The van der Waals surface area contributed by atoms with Crippen LogP contribution < -0.4 is 15.4 Å². The van der Waals surface area contributed by atoms with Crippen molar-refractivity contribution in [2.45, 2.75) is 39.0 Å². The zero-order chi connectivity index (χ0) is 27.2. The Bertz CT molecular complexity index is 1220. The van der Waals surface area contributed by atoms with Crippen molar-refractivity contribution in [3.63, 3.8) is 0 Å². The number of benzene rings is 2. The minimum Gasteiger partial charge on any atom is -0.490 e. The molecule has 0 atom stereocenters. The predicted octanol–water partition coefficient (Wildman–Crippen LogP) is 6.89. The fourth-order valence-electron chi connectivity index (χ4n) is 3.41. The minimum absolute atomic E-state index is 0.0295. The molecule has 1 aliphatic carbocycles. The molecule has 198 valence electrons. The molecule has 2 aromatic carbocycles. The molecule has 2 aromatic rings. The molecule has 11 heteroatoms. The topological polar surface area (TPSA) is 76.7 Å². The fourth-order valence-corrected chi connectivity index (χ4v) is 3.41. The number of amides is 2. The molecule has 3 rings (SSSR count). The van der Waals surface area contributed by atoms with Gasteiger partial charge in [-0.2, -0.15) is 13.2 Å². The Kier molecular flexibility index (Phi) is 8.90. The minimum atomic E-state index is -4.72. The molecular weight excluding hydrogens is 499 g/mol. The first kappa shape index (κ1) is 27.7. The molecule has 2 N–H and O–H groups in total. The summed E-state index contributed by atoms with van der Waals surface area (Å²) in [4.78, 5) is 24.3. The highest BCUT2D eigenvalue weighted by atomic mass is 19.4. The second kappa shape index (κ2) is 11.9. The summed E-state index contributed by atoms with van der Waals surface area (Å²) in [5, 5.41) is 4.51. The SMILES string of the molecule is CC(C)Oc1ccc(NC(=O)Nc2ccc(C3=CCC(=O)C(OCCCF)=C3)cc2F)cc1C(F)(F)F. The zero-order valence-electron chi connectivity index (χ0n) is 20.0. The summed E-state index contributed by atoms with van der Waals surface area (Å²) in [6, 6.07) is 6.01. The van der Waals surface area contributed by atoms with Gasteiger partial charge in [-0.25, -0.2) is 9.18 Å². The average Bonchev–Trinajstić information content (AvgIpc) is 2.81. The van der Waals surface area contributed by atoms with Crippen LogP contribution >= 0.6 is 0 Å². The number of carbonyl (C=O) groups excluding carboxylic acids is 2. The second-order valence-electron chi connectivity index (χ2n) is 8.34. The Morgan fingerprint density at radius 3 is 2.51 bits per heavy atom. The van der Waals surface area contributed by atoms with Crippen LogP contribution in [-0.2, 0) is 15.7 Å². The van der Waals surface area contributed by atoms with Crippen molar-refractivity contribution < 1.29 is 41.0 Å². The Labute approximate surface area is 210 Å². The van der Waals surface area contributed by atoms with Gasteiger partial charge in [0.1, 0.15) is 11.6 Å². The number of halogens is 5. The molecule has 0 saturated carbocycles. The van der Waals surface area contributed by atoms with E-state index in [-0.39, 0.29) is 48.1 Å². The van der Waals surface area contributed by atoms with Gasteiger partial charge in [0.15, 0.2) is 5.76 Å². The largest absolute Gasteiger partial charge is 0.490 e. The summed E-state index contributed by atoms with van der Waals surface area (Å²) in [6.45, 7) is 2.62. The Balaban J connectivity index is 1.71. The van der Waals surface area contributed by atoms with Crippen molar-refractivity contribution in [1.82, 2.24) is 0 Å². The van der Waals surface area contributed by atoms with Gasteiger partial charge in [0, 0.05) is 18.5 Å². The van der Waals surface area contributed by atoms with Crippen molar-refractivity contribution in [3.05, 3.63) is 71.3 Å². The number of urea groups is 1. The van der Waals surface area contributed by atoms with Crippen molar-refractivity contribution in [2.24, 2.45) is 0 Å². The highest BCUT2D eigenvalue weighted by Gasteiger charge is 2.35. The lowest BCUT2D eigenvalue weighted by Crippen LogP contribution is -2.21. The van der Waals surface area contributed by atoms with Gasteiger partial charge in [-0.05, 0) is 61.4 Å². The first-order valence-corrected chi connectivity index (χ1v) is 11.4. The number of ketones is 1. The third kappa shape index (κ3) is 7.55. The number of nitrogens with one attached hydrogen (secondary N) is 2. The van der Waals surface area contributed by atoms with Gasteiger partial charge in [-0.3, -0.25) is 9.18 Å². The highest BCUT2D eigenvalue weighted by molar-refractivity contribution is 6.02. The molecule has 0 spiro atoms. The molecular formula is C26H25F5N2O4. The van der Waals surface area contributed by atoms with Crippen molar-refractivity contribution in [3.8, 4) is 5.75 Å². The van der Waals surface area contributed by atoms with Gasteiger partial charge in [0.25, 0.3) is 0 Å². The van der Waals surface area contributed by atoms with E-state index >= 15 is 0 Å². The molecule has 37 heavy (non-hydrogen) atoms. The summed E-state index contributed by atoms with van der Waals surface area (Å²) in [5.74, 6) is -1.42. The van der Waals surface area contributed by atoms with Gasteiger partial charge >= 0.3 is 12.2 Å². The molecule has 2 amide bonds. The maximum Gasteiger partial charge on any atom is 0.420 e. The maximum atomic E-state index is 14.7. The molecule has 0 saturated heterocycles. The number of anilines is 2. The van der Waals surface area contributed by atoms with Gasteiger partial charge < -0.3 is 20.1 Å². The van der Waals surface area contributed by atoms with Gasteiger partial charge in [0.05, 0.1) is 30.6 Å². The normalized spacial score (nSPS) is 13.7. The lowest BCUT2D eigenvalue weighted by atomic mass is 9.97. The lowest BCUT2D eigenvalue weighted by Gasteiger charge is -2.18. The van der Waals surface area contributed by atoms with E-state index in [9.17, 15) is 31.5 Å². The molecule has 6 nitrogen and oxygen atoms in total. The number of hydrogen-bond acceptors (Lipinski definition) is 4. The molecule has 0 unspecified atom stereocenters. The number of ether oxygens (including phenoxy) is 2. The highest BCUT2D eigenvalue weighted by Crippen LogP contribution is 2.38. The van der Waals surface area contributed by atoms with Crippen molar-refractivity contribution in [2.75, 3.05) is 23.9 Å². The summed E-state index contributed by atoms with van der Waals surface area (Å²) in [6.07, 6.45) is -2.02. The van der Waals surface area contributed by atoms with Crippen LogP contribution in [0.4, 0.5) is 38.1 Å². The summed E-state index contributed by atoms with van der Waals surface area (Å²) < 4.78 is 77.8. The fraction of sp³-hybridized carbons (Fsp3) is 0.308. The number of hydrogen-bond donors (Lipinski definition) is 2. The number of carbonyl (C=O) groups is 2. The summed E-state index contributed by atoms with van der Waals surface area (Å²) in [7, 11) is 0. The van der Waals surface area contributed by atoms with Crippen molar-refractivity contribution in [1.29, 1.82) is 0 Å². The first-order chi connectivity index (χ1) is 17.5. The van der Waals surface area contributed by atoms with E-state index in [0.29, 0.717) is 11.1 Å². The van der Waals surface area contributed by atoms with Crippen LogP contribution in [0.25, 0.3) is 5.57 Å². The van der Waals surface area contributed by atoms with Crippen LogP contribution in [0.2, 0.25) is 0 Å². The average molecular weight is 524 g/mol. The Morgan fingerprint density at radius 2 is 1.86 bits per heavy atom. The summed E-state index contributed by atoms with van der Waals surface area (Å²) in [5.41, 5.74) is -0.533.